The van der Waals surface area contributed by atoms with Crippen molar-refractivity contribution in [2.24, 2.45) is 5.92 Å². The Hall–Kier alpha value is -1.44. The average Bonchev–Trinajstić information content (AvgIpc) is 3.30. The summed E-state index contributed by atoms with van der Waals surface area (Å²) in [5.74, 6) is -0.0392. The van der Waals surface area contributed by atoms with Crippen molar-refractivity contribution in [2.75, 3.05) is 26.9 Å². The highest BCUT2D eigenvalue weighted by Crippen LogP contribution is 2.28. The van der Waals surface area contributed by atoms with Crippen LogP contribution in [-0.2, 0) is 19.5 Å². The standard InChI is InChI=1S/C14H19NO5S/c1-19-14(16)12-4-2-3-5-13(12)21(17,18)15-8-9-20-10-11-6-7-11/h2-5,11,15H,6-10H2,1H3. The van der Waals surface area contributed by atoms with Gasteiger partial charge in [-0.1, -0.05) is 12.1 Å². The molecule has 0 radical (unpaired) electrons. The summed E-state index contributed by atoms with van der Waals surface area (Å²) in [7, 11) is -2.55. The van der Waals surface area contributed by atoms with Crippen LogP contribution in [0.3, 0.4) is 0 Å². The predicted molar refractivity (Wildman–Crippen MR) is 76.5 cm³/mol. The van der Waals surface area contributed by atoms with Gasteiger partial charge in [-0.2, -0.15) is 0 Å². The third-order valence-electron chi connectivity index (χ3n) is 3.17. The van der Waals surface area contributed by atoms with Gasteiger partial charge in [-0.05, 0) is 30.9 Å². The van der Waals surface area contributed by atoms with E-state index in [4.69, 9.17) is 4.74 Å². The van der Waals surface area contributed by atoms with Crippen LogP contribution >= 0.6 is 0 Å². The lowest BCUT2D eigenvalue weighted by atomic mass is 10.2. The Bertz CT molecular complexity index is 595. The van der Waals surface area contributed by atoms with Crippen molar-refractivity contribution >= 4 is 16.0 Å². The van der Waals surface area contributed by atoms with Crippen molar-refractivity contribution in [2.45, 2.75) is 17.7 Å². The second kappa shape index (κ2) is 7.02. The topological polar surface area (TPSA) is 81.7 Å². The van der Waals surface area contributed by atoms with Crippen molar-refractivity contribution < 1.29 is 22.7 Å². The zero-order valence-corrected chi connectivity index (χ0v) is 12.7. The summed E-state index contributed by atoms with van der Waals surface area (Å²) < 4.78 is 36.8. The molecule has 1 aromatic carbocycles. The van der Waals surface area contributed by atoms with Crippen molar-refractivity contribution in [3.63, 3.8) is 0 Å². The summed E-state index contributed by atoms with van der Waals surface area (Å²) in [5.41, 5.74) is 0.0198. The lowest BCUT2D eigenvalue weighted by Gasteiger charge is -2.10. The highest BCUT2D eigenvalue weighted by atomic mass is 32.2. The highest BCUT2D eigenvalue weighted by Gasteiger charge is 2.23. The summed E-state index contributed by atoms with van der Waals surface area (Å²) >= 11 is 0. The molecule has 1 aliphatic carbocycles. The van der Waals surface area contributed by atoms with Crippen molar-refractivity contribution in [3.05, 3.63) is 29.8 Å². The third kappa shape index (κ3) is 4.52. The third-order valence-corrected chi connectivity index (χ3v) is 4.69. The fourth-order valence-electron chi connectivity index (χ4n) is 1.84. The zero-order valence-electron chi connectivity index (χ0n) is 11.9. The van der Waals surface area contributed by atoms with Crippen molar-refractivity contribution in [3.8, 4) is 0 Å². The van der Waals surface area contributed by atoms with Crippen LogP contribution in [0.1, 0.15) is 23.2 Å². The molecule has 1 saturated carbocycles. The van der Waals surface area contributed by atoms with Gasteiger partial charge in [0, 0.05) is 13.2 Å². The Kier molecular flexibility index (Phi) is 5.33. The number of esters is 1. The number of hydrogen-bond donors (Lipinski definition) is 1. The molecule has 1 aromatic rings. The number of ether oxygens (including phenoxy) is 2. The van der Waals surface area contributed by atoms with E-state index in [2.05, 4.69) is 9.46 Å². The summed E-state index contributed by atoms with van der Waals surface area (Å²) in [5, 5.41) is 0. The van der Waals surface area contributed by atoms with Gasteiger partial charge in [-0.15, -0.1) is 0 Å². The van der Waals surface area contributed by atoms with Crippen LogP contribution in [0.5, 0.6) is 0 Å². The van der Waals surface area contributed by atoms with Gasteiger partial charge in [0.15, 0.2) is 0 Å². The Morgan fingerprint density at radius 3 is 2.71 bits per heavy atom. The van der Waals surface area contributed by atoms with Crippen LogP contribution < -0.4 is 4.72 Å². The molecule has 2 rings (SSSR count). The van der Waals surface area contributed by atoms with Gasteiger partial charge in [-0.3, -0.25) is 0 Å². The number of carbonyl (C=O) groups excluding carboxylic acids is 1. The first-order chi connectivity index (χ1) is 10.0. The minimum absolute atomic E-state index is 0.0198. The quantitative estimate of drug-likeness (QED) is 0.575. The van der Waals surface area contributed by atoms with Gasteiger partial charge in [0.05, 0.1) is 24.2 Å². The SMILES string of the molecule is COC(=O)c1ccccc1S(=O)(=O)NCCOCC1CC1. The van der Waals surface area contributed by atoms with Gasteiger partial charge >= 0.3 is 5.97 Å². The summed E-state index contributed by atoms with van der Waals surface area (Å²) in [4.78, 5) is 11.5. The molecule has 1 fully saturated rings. The molecule has 21 heavy (non-hydrogen) atoms. The van der Waals surface area contributed by atoms with E-state index in [1.54, 1.807) is 12.1 Å². The molecular formula is C14H19NO5S. The molecule has 0 atom stereocenters. The van der Waals surface area contributed by atoms with E-state index in [0.717, 1.165) is 0 Å². The Morgan fingerprint density at radius 1 is 1.33 bits per heavy atom. The second-order valence-electron chi connectivity index (χ2n) is 4.90. The van der Waals surface area contributed by atoms with E-state index in [1.807, 2.05) is 0 Å². The minimum Gasteiger partial charge on any atom is -0.465 e. The largest absolute Gasteiger partial charge is 0.465 e. The smallest absolute Gasteiger partial charge is 0.339 e. The molecule has 1 N–H and O–H groups in total. The Labute approximate surface area is 124 Å². The van der Waals surface area contributed by atoms with E-state index >= 15 is 0 Å². The first-order valence-corrected chi connectivity index (χ1v) is 8.27. The maximum Gasteiger partial charge on any atom is 0.339 e. The first kappa shape index (κ1) is 15.9. The van der Waals surface area contributed by atoms with Crippen LogP contribution in [0.2, 0.25) is 0 Å². The Balaban J connectivity index is 1.96. The van der Waals surface area contributed by atoms with E-state index in [1.165, 1.54) is 32.1 Å². The minimum atomic E-state index is -3.76. The van der Waals surface area contributed by atoms with E-state index in [0.29, 0.717) is 19.1 Å². The van der Waals surface area contributed by atoms with Gasteiger partial charge < -0.3 is 9.47 Å². The normalized spacial score (nSPS) is 14.9. The van der Waals surface area contributed by atoms with Crippen molar-refractivity contribution in [1.82, 2.24) is 4.72 Å². The van der Waals surface area contributed by atoms with Crippen LogP contribution in [0.4, 0.5) is 0 Å². The molecule has 0 aliphatic heterocycles. The number of hydrogen-bond acceptors (Lipinski definition) is 5. The average molecular weight is 313 g/mol. The van der Waals surface area contributed by atoms with Gasteiger partial charge in [0.25, 0.3) is 0 Å². The fraction of sp³-hybridized carbons (Fsp3) is 0.500. The molecule has 0 saturated heterocycles. The Morgan fingerprint density at radius 2 is 2.05 bits per heavy atom. The molecule has 0 aromatic heterocycles. The summed E-state index contributed by atoms with van der Waals surface area (Å²) in [6.45, 7) is 1.17. The summed E-state index contributed by atoms with van der Waals surface area (Å²) in [6, 6.07) is 5.94. The van der Waals surface area contributed by atoms with Gasteiger partial charge in [0.1, 0.15) is 0 Å². The highest BCUT2D eigenvalue weighted by molar-refractivity contribution is 7.89. The van der Waals surface area contributed by atoms with Crippen LogP contribution in [0.15, 0.2) is 29.2 Å². The molecule has 0 amide bonds. The number of rotatable bonds is 8. The van der Waals surface area contributed by atoms with Crippen molar-refractivity contribution in [1.29, 1.82) is 0 Å². The molecule has 7 heteroatoms. The van der Waals surface area contributed by atoms with Crippen LogP contribution in [-0.4, -0.2) is 41.3 Å². The molecule has 6 nitrogen and oxygen atoms in total. The molecule has 0 spiro atoms. The molecule has 1 aliphatic rings. The second-order valence-corrected chi connectivity index (χ2v) is 6.64. The maximum atomic E-state index is 12.2. The number of sulfonamides is 1. The zero-order chi connectivity index (χ0) is 15.3. The number of nitrogens with one attached hydrogen (secondary N) is 1. The van der Waals surface area contributed by atoms with Crippen LogP contribution in [0.25, 0.3) is 0 Å². The van der Waals surface area contributed by atoms with E-state index < -0.39 is 16.0 Å². The number of methoxy groups -OCH3 is 1. The lowest BCUT2D eigenvalue weighted by Crippen LogP contribution is -2.29. The van der Waals surface area contributed by atoms with Gasteiger partial charge in [-0.25, -0.2) is 17.9 Å². The molecule has 116 valence electrons. The van der Waals surface area contributed by atoms with Gasteiger partial charge in [0.2, 0.25) is 10.0 Å². The summed E-state index contributed by atoms with van der Waals surface area (Å²) in [6.07, 6.45) is 2.39. The monoisotopic (exact) mass is 313 g/mol. The molecule has 0 bridgehead atoms. The molecule has 0 heterocycles. The number of benzene rings is 1. The van der Waals surface area contributed by atoms with E-state index in [-0.39, 0.29) is 17.0 Å². The number of carbonyl (C=O) groups is 1. The lowest BCUT2D eigenvalue weighted by molar-refractivity contribution is 0.0596. The maximum absolute atomic E-state index is 12.2. The fourth-order valence-corrected chi connectivity index (χ4v) is 3.05. The molecule has 0 unspecified atom stereocenters. The molecular weight excluding hydrogens is 294 g/mol. The van der Waals surface area contributed by atoms with E-state index in [9.17, 15) is 13.2 Å². The van der Waals surface area contributed by atoms with Crippen LogP contribution in [0, 0.1) is 5.92 Å². The predicted octanol–water partition coefficient (Wildman–Crippen LogP) is 1.18. The first-order valence-electron chi connectivity index (χ1n) is 6.79.